The van der Waals surface area contributed by atoms with Gasteiger partial charge < -0.3 is 9.55 Å². The summed E-state index contributed by atoms with van der Waals surface area (Å²) < 4.78 is 27.7. The zero-order valence-corrected chi connectivity index (χ0v) is 10.8. The average Bonchev–Trinajstić information content (AvgIpc) is 2.95. The van der Waals surface area contributed by atoms with E-state index >= 15 is 0 Å². The van der Waals surface area contributed by atoms with Crippen LogP contribution in [0.15, 0.2) is 29.9 Å². The van der Waals surface area contributed by atoms with E-state index in [0.717, 1.165) is 5.82 Å². The lowest BCUT2D eigenvalue weighted by molar-refractivity contribution is 0.575. The maximum absolute atomic E-state index is 11.8. The Kier molecular flexibility index (Phi) is 3.78. The monoisotopic (exact) mass is 269 g/mol. The van der Waals surface area contributed by atoms with Gasteiger partial charge >= 0.3 is 0 Å². The number of nitrogens with zero attached hydrogens (tertiary/aromatic N) is 3. The molecule has 98 valence electrons. The van der Waals surface area contributed by atoms with Crippen LogP contribution < -0.4 is 4.72 Å². The van der Waals surface area contributed by atoms with E-state index in [2.05, 4.69) is 19.7 Å². The van der Waals surface area contributed by atoms with E-state index < -0.39 is 10.0 Å². The Balaban J connectivity index is 1.82. The molecule has 2 N–H and O–H groups in total. The molecule has 0 fully saturated rings. The normalized spacial score (nSPS) is 11.8. The van der Waals surface area contributed by atoms with E-state index in [4.69, 9.17) is 0 Å². The second kappa shape index (κ2) is 5.32. The van der Waals surface area contributed by atoms with Crippen molar-refractivity contribution in [2.75, 3.05) is 6.54 Å². The Labute approximate surface area is 105 Å². The molecule has 0 bridgehead atoms. The molecule has 0 amide bonds. The summed E-state index contributed by atoms with van der Waals surface area (Å²) in [5.74, 6) is 0.854. The van der Waals surface area contributed by atoms with Crippen LogP contribution >= 0.6 is 0 Å². The molecule has 2 aromatic heterocycles. The summed E-state index contributed by atoms with van der Waals surface area (Å²) in [6.07, 6.45) is 7.73. The van der Waals surface area contributed by atoms with Gasteiger partial charge in [-0.25, -0.2) is 23.1 Å². The molecule has 7 nitrogen and oxygen atoms in total. The molecule has 0 aliphatic heterocycles. The molecule has 0 aliphatic carbocycles. The third-order valence-corrected chi connectivity index (χ3v) is 3.74. The summed E-state index contributed by atoms with van der Waals surface area (Å²) in [5, 5.41) is 0.0444. The number of rotatable bonds is 6. The van der Waals surface area contributed by atoms with Gasteiger partial charge in [-0.05, 0) is 6.42 Å². The topological polar surface area (TPSA) is 92.7 Å². The van der Waals surface area contributed by atoms with E-state index in [1.54, 1.807) is 24.0 Å². The fraction of sp³-hybridized carbons (Fsp3) is 0.400. The highest BCUT2D eigenvalue weighted by molar-refractivity contribution is 7.89. The molecule has 0 radical (unpaired) electrons. The number of aromatic nitrogens is 4. The first-order chi connectivity index (χ1) is 8.58. The van der Waals surface area contributed by atoms with Crippen molar-refractivity contribution in [3.63, 3.8) is 0 Å². The Morgan fingerprint density at radius 3 is 2.89 bits per heavy atom. The van der Waals surface area contributed by atoms with E-state index in [9.17, 15) is 8.42 Å². The van der Waals surface area contributed by atoms with Crippen molar-refractivity contribution >= 4 is 10.0 Å². The van der Waals surface area contributed by atoms with Gasteiger partial charge in [0.2, 0.25) is 0 Å². The minimum absolute atomic E-state index is 0.0444. The highest BCUT2D eigenvalue weighted by Gasteiger charge is 2.15. The van der Waals surface area contributed by atoms with Crippen LogP contribution in [-0.2, 0) is 23.5 Å². The van der Waals surface area contributed by atoms with Crippen LogP contribution in [0.25, 0.3) is 0 Å². The average molecular weight is 269 g/mol. The molecule has 0 unspecified atom stereocenters. The lowest BCUT2D eigenvalue weighted by Gasteiger charge is -2.03. The van der Waals surface area contributed by atoms with Crippen LogP contribution in [0.2, 0.25) is 0 Å². The van der Waals surface area contributed by atoms with Crippen molar-refractivity contribution in [3.8, 4) is 0 Å². The van der Waals surface area contributed by atoms with Crippen molar-refractivity contribution in [2.24, 2.45) is 7.05 Å². The van der Waals surface area contributed by atoms with Crippen LogP contribution in [0.1, 0.15) is 12.2 Å². The number of sulfonamides is 1. The highest BCUT2D eigenvalue weighted by Crippen LogP contribution is 2.04. The quantitative estimate of drug-likeness (QED) is 0.725. The minimum atomic E-state index is -3.49. The van der Waals surface area contributed by atoms with Gasteiger partial charge in [-0.3, -0.25) is 0 Å². The zero-order chi connectivity index (χ0) is 13.0. The van der Waals surface area contributed by atoms with Gasteiger partial charge in [-0.1, -0.05) is 0 Å². The fourth-order valence-corrected chi connectivity index (χ4v) is 2.55. The maximum atomic E-state index is 11.8. The van der Waals surface area contributed by atoms with Crippen LogP contribution in [0.3, 0.4) is 0 Å². The van der Waals surface area contributed by atoms with Gasteiger partial charge in [-0.2, -0.15) is 0 Å². The van der Waals surface area contributed by atoms with Gasteiger partial charge in [0.05, 0.1) is 6.33 Å². The predicted octanol–water partition coefficient (Wildman–Crippen LogP) is 0.0543. The Hall–Kier alpha value is -1.67. The van der Waals surface area contributed by atoms with Gasteiger partial charge in [0.15, 0.2) is 5.03 Å². The summed E-state index contributed by atoms with van der Waals surface area (Å²) in [7, 11) is -1.77. The van der Waals surface area contributed by atoms with Gasteiger partial charge in [0, 0.05) is 38.6 Å². The summed E-state index contributed by atoms with van der Waals surface area (Å²) >= 11 is 0. The molecule has 2 heterocycles. The number of nitrogens with one attached hydrogen (secondary N) is 2. The summed E-state index contributed by atoms with van der Waals surface area (Å²) in [5.41, 5.74) is 0. The summed E-state index contributed by atoms with van der Waals surface area (Å²) in [6.45, 7) is 0.361. The molecular weight excluding hydrogens is 254 g/mol. The smallest absolute Gasteiger partial charge is 0.259 e. The molecule has 2 aromatic rings. The predicted molar refractivity (Wildman–Crippen MR) is 65.3 cm³/mol. The van der Waals surface area contributed by atoms with E-state index in [1.807, 2.05) is 0 Å². The number of imidazole rings is 2. The van der Waals surface area contributed by atoms with Gasteiger partial charge in [0.1, 0.15) is 5.82 Å². The molecule has 0 saturated heterocycles. The SMILES string of the molecule is Cn1cnc(S(=O)(=O)NCCCc2ncc[nH]2)c1. The van der Waals surface area contributed by atoms with Crippen LogP contribution in [-0.4, -0.2) is 34.5 Å². The standard InChI is InChI=1S/C10H15N5O2S/c1-15-7-10(13-8-15)18(16,17)14-4-2-3-9-11-5-6-12-9/h5-8,14H,2-4H2,1H3,(H,11,12). The van der Waals surface area contributed by atoms with Crippen LogP contribution in [0.5, 0.6) is 0 Å². The highest BCUT2D eigenvalue weighted by atomic mass is 32.2. The Morgan fingerprint density at radius 1 is 1.44 bits per heavy atom. The molecule has 0 aliphatic rings. The summed E-state index contributed by atoms with van der Waals surface area (Å²) in [6, 6.07) is 0. The number of hydrogen-bond acceptors (Lipinski definition) is 4. The van der Waals surface area contributed by atoms with Crippen molar-refractivity contribution in [1.29, 1.82) is 0 Å². The first-order valence-corrected chi connectivity index (χ1v) is 7.02. The lowest BCUT2D eigenvalue weighted by atomic mass is 10.3. The second-order valence-corrected chi connectivity index (χ2v) is 5.63. The lowest BCUT2D eigenvalue weighted by Crippen LogP contribution is -2.25. The largest absolute Gasteiger partial charge is 0.349 e. The molecule has 18 heavy (non-hydrogen) atoms. The van der Waals surface area contributed by atoms with E-state index in [-0.39, 0.29) is 5.03 Å². The maximum Gasteiger partial charge on any atom is 0.259 e. The molecule has 8 heteroatoms. The first-order valence-electron chi connectivity index (χ1n) is 5.54. The second-order valence-electron chi connectivity index (χ2n) is 3.91. The minimum Gasteiger partial charge on any atom is -0.349 e. The van der Waals surface area contributed by atoms with E-state index in [0.29, 0.717) is 19.4 Å². The summed E-state index contributed by atoms with van der Waals surface area (Å²) in [4.78, 5) is 10.8. The van der Waals surface area contributed by atoms with Crippen molar-refractivity contribution in [3.05, 3.63) is 30.7 Å². The Bertz CT molecular complexity index is 588. The molecule has 0 saturated carbocycles. The molecule has 0 atom stereocenters. The first kappa shape index (κ1) is 12.8. The van der Waals surface area contributed by atoms with Crippen LogP contribution in [0, 0.1) is 0 Å². The number of hydrogen-bond donors (Lipinski definition) is 2. The third kappa shape index (κ3) is 3.17. The third-order valence-electron chi connectivity index (χ3n) is 2.39. The molecular formula is C10H15N5O2S. The van der Waals surface area contributed by atoms with Crippen LogP contribution in [0.4, 0.5) is 0 Å². The molecule has 0 spiro atoms. The number of aromatic amines is 1. The molecule has 0 aromatic carbocycles. The zero-order valence-electron chi connectivity index (χ0n) is 10.00. The van der Waals surface area contributed by atoms with E-state index in [1.165, 1.54) is 12.5 Å². The van der Waals surface area contributed by atoms with Crippen molar-refractivity contribution < 1.29 is 8.42 Å². The van der Waals surface area contributed by atoms with Gasteiger partial charge in [-0.15, -0.1) is 0 Å². The Morgan fingerprint density at radius 2 is 2.28 bits per heavy atom. The number of aryl methyl sites for hydroxylation is 2. The van der Waals surface area contributed by atoms with Crippen molar-refractivity contribution in [1.82, 2.24) is 24.2 Å². The molecule has 2 rings (SSSR count). The van der Waals surface area contributed by atoms with Crippen molar-refractivity contribution in [2.45, 2.75) is 17.9 Å². The fourth-order valence-electron chi connectivity index (χ4n) is 1.50. The van der Waals surface area contributed by atoms with Gasteiger partial charge in [0.25, 0.3) is 10.0 Å². The number of H-pyrrole nitrogens is 1.